The second-order valence-electron chi connectivity index (χ2n) is 7.11. The second kappa shape index (κ2) is 9.67. The summed E-state index contributed by atoms with van der Waals surface area (Å²) < 4.78 is 0. The van der Waals surface area contributed by atoms with Gasteiger partial charge >= 0.3 is 6.03 Å². The molecule has 1 aliphatic carbocycles. The molecule has 0 spiro atoms. The van der Waals surface area contributed by atoms with Gasteiger partial charge in [-0.1, -0.05) is 31.4 Å². The van der Waals surface area contributed by atoms with Gasteiger partial charge in [-0.05, 0) is 37.8 Å². The highest BCUT2D eigenvalue weighted by Gasteiger charge is 2.26. The first-order valence-corrected chi connectivity index (χ1v) is 9.34. The number of nitrogen functional groups attached to an aromatic ring is 1. The Morgan fingerprint density at radius 3 is 2.12 bits per heavy atom. The number of carbonyl (C=O) groups is 2. The highest BCUT2D eigenvalue weighted by molar-refractivity contribution is 5.99. The van der Waals surface area contributed by atoms with Gasteiger partial charge in [-0.3, -0.25) is 4.79 Å². The molecule has 3 amide bonds. The smallest absolute Gasteiger partial charge is 0.315 e. The monoisotopic (exact) mass is 380 g/mol. The van der Waals surface area contributed by atoms with Gasteiger partial charge in [0.1, 0.15) is 0 Å². The van der Waals surface area contributed by atoms with Gasteiger partial charge in [-0.25, -0.2) is 4.79 Å². The van der Waals surface area contributed by atoms with Crippen molar-refractivity contribution in [3.05, 3.63) is 29.8 Å². The number of hydrogen-bond acceptors (Lipinski definition) is 3. The fourth-order valence-electron chi connectivity index (χ4n) is 3.75. The molecule has 3 rings (SSSR count). The van der Waals surface area contributed by atoms with Crippen LogP contribution in [0.25, 0.3) is 0 Å². The molecule has 1 saturated carbocycles. The SMILES string of the molecule is Cl.Nc1ccccc1C(=O)N1CCC(NC(=O)NC2CCCCC2)CC1. The van der Waals surface area contributed by atoms with E-state index in [-0.39, 0.29) is 30.4 Å². The third kappa shape index (κ3) is 5.27. The number of urea groups is 1. The van der Waals surface area contributed by atoms with E-state index in [9.17, 15) is 9.59 Å². The summed E-state index contributed by atoms with van der Waals surface area (Å²) in [4.78, 5) is 26.5. The summed E-state index contributed by atoms with van der Waals surface area (Å²) in [6.45, 7) is 1.28. The van der Waals surface area contributed by atoms with Gasteiger partial charge < -0.3 is 21.3 Å². The Morgan fingerprint density at radius 1 is 0.923 bits per heavy atom. The fraction of sp³-hybridized carbons (Fsp3) is 0.579. The average molecular weight is 381 g/mol. The molecule has 26 heavy (non-hydrogen) atoms. The Hall–Kier alpha value is -1.95. The Morgan fingerprint density at radius 2 is 1.50 bits per heavy atom. The number of amides is 3. The van der Waals surface area contributed by atoms with Crippen LogP contribution in [0.15, 0.2) is 24.3 Å². The molecule has 0 atom stereocenters. The van der Waals surface area contributed by atoms with E-state index in [2.05, 4.69) is 10.6 Å². The highest BCUT2D eigenvalue weighted by Crippen LogP contribution is 2.19. The Balaban J connectivity index is 0.00000243. The van der Waals surface area contributed by atoms with Crippen molar-refractivity contribution in [3.8, 4) is 0 Å². The number of benzene rings is 1. The molecule has 2 fully saturated rings. The molecule has 144 valence electrons. The lowest BCUT2D eigenvalue weighted by Gasteiger charge is -2.33. The first kappa shape index (κ1) is 20.4. The molecule has 1 aliphatic heterocycles. The van der Waals surface area contributed by atoms with Gasteiger partial charge in [0.15, 0.2) is 0 Å². The number of halogens is 1. The van der Waals surface area contributed by atoms with Crippen LogP contribution in [0.4, 0.5) is 10.5 Å². The van der Waals surface area contributed by atoms with Crippen molar-refractivity contribution in [2.45, 2.75) is 57.0 Å². The lowest BCUT2D eigenvalue weighted by Crippen LogP contribution is -2.51. The van der Waals surface area contributed by atoms with Crippen molar-refractivity contribution in [2.75, 3.05) is 18.8 Å². The Bertz CT molecular complexity index is 611. The second-order valence-corrected chi connectivity index (χ2v) is 7.11. The summed E-state index contributed by atoms with van der Waals surface area (Å²) in [7, 11) is 0. The zero-order chi connectivity index (χ0) is 17.6. The zero-order valence-corrected chi connectivity index (χ0v) is 15.9. The Kier molecular flexibility index (Phi) is 7.57. The molecule has 7 heteroatoms. The van der Waals surface area contributed by atoms with E-state index >= 15 is 0 Å². The number of piperidine rings is 1. The van der Waals surface area contributed by atoms with E-state index in [1.165, 1.54) is 19.3 Å². The first-order chi connectivity index (χ1) is 12.1. The predicted molar refractivity (Wildman–Crippen MR) is 106 cm³/mol. The minimum absolute atomic E-state index is 0. The minimum atomic E-state index is -0.0658. The van der Waals surface area contributed by atoms with Crippen molar-refractivity contribution < 1.29 is 9.59 Å². The van der Waals surface area contributed by atoms with Crippen LogP contribution in [-0.2, 0) is 0 Å². The first-order valence-electron chi connectivity index (χ1n) is 9.34. The molecule has 1 heterocycles. The maximum absolute atomic E-state index is 12.6. The summed E-state index contributed by atoms with van der Waals surface area (Å²) in [6, 6.07) is 7.54. The van der Waals surface area contributed by atoms with Crippen molar-refractivity contribution in [3.63, 3.8) is 0 Å². The molecular formula is C19H29ClN4O2. The quantitative estimate of drug-likeness (QED) is 0.704. The molecule has 6 nitrogen and oxygen atoms in total. The molecule has 0 unspecified atom stereocenters. The molecule has 0 bridgehead atoms. The maximum Gasteiger partial charge on any atom is 0.315 e. The van der Waals surface area contributed by atoms with Crippen LogP contribution in [0.5, 0.6) is 0 Å². The minimum Gasteiger partial charge on any atom is -0.398 e. The molecular weight excluding hydrogens is 352 g/mol. The number of anilines is 1. The summed E-state index contributed by atoms with van der Waals surface area (Å²) >= 11 is 0. The van der Waals surface area contributed by atoms with Crippen molar-refractivity contribution in [2.24, 2.45) is 0 Å². The van der Waals surface area contributed by atoms with E-state index in [1.54, 1.807) is 12.1 Å². The van der Waals surface area contributed by atoms with Crippen LogP contribution < -0.4 is 16.4 Å². The standard InChI is InChI=1S/C19H28N4O2.ClH/c20-17-9-5-4-8-16(17)18(24)23-12-10-15(11-13-23)22-19(25)21-14-6-2-1-3-7-14;/h4-5,8-9,14-15H,1-3,6-7,10-13,20H2,(H2,21,22,25);1H. The predicted octanol–water partition coefficient (Wildman–Crippen LogP) is 2.93. The van der Waals surface area contributed by atoms with E-state index < -0.39 is 0 Å². The van der Waals surface area contributed by atoms with E-state index in [0.29, 0.717) is 30.4 Å². The summed E-state index contributed by atoms with van der Waals surface area (Å²) in [6.07, 6.45) is 7.39. The van der Waals surface area contributed by atoms with Crippen LogP contribution in [0.3, 0.4) is 0 Å². The molecule has 0 radical (unpaired) electrons. The number of para-hydroxylation sites is 1. The van der Waals surface area contributed by atoms with E-state index in [4.69, 9.17) is 5.73 Å². The van der Waals surface area contributed by atoms with Gasteiger partial charge in [0.2, 0.25) is 0 Å². The van der Waals surface area contributed by atoms with Crippen molar-refractivity contribution in [1.82, 2.24) is 15.5 Å². The summed E-state index contributed by atoms with van der Waals surface area (Å²) in [5, 5.41) is 6.15. The largest absolute Gasteiger partial charge is 0.398 e. The third-order valence-corrected chi connectivity index (χ3v) is 5.25. The molecule has 1 aromatic rings. The van der Waals surface area contributed by atoms with Crippen LogP contribution in [0, 0.1) is 0 Å². The molecule has 2 aliphatic rings. The normalized spacial score (nSPS) is 18.7. The zero-order valence-electron chi connectivity index (χ0n) is 15.1. The van der Waals surface area contributed by atoms with Gasteiger partial charge in [0, 0.05) is 30.9 Å². The molecule has 1 saturated heterocycles. The van der Waals surface area contributed by atoms with Gasteiger partial charge in [0.25, 0.3) is 5.91 Å². The summed E-state index contributed by atoms with van der Waals surface area (Å²) in [5.41, 5.74) is 6.97. The van der Waals surface area contributed by atoms with Crippen LogP contribution >= 0.6 is 12.4 Å². The lowest BCUT2D eigenvalue weighted by molar-refractivity contribution is 0.0709. The number of hydrogen-bond donors (Lipinski definition) is 3. The molecule has 4 N–H and O–H groups in total. The fourth-order valence-corrected chi connectivity index (χ4v) is 3.75. The van der Waals surface area contributed by atoms with Gasteiger partial charge in [-0.15, -0.1) is 12.4 Å². The number of rotatable bonds is 3. The van der Waals surface area contributed by atoms with Crippen LogP contribution in [-0.4, -0.2) is 42.0 Å². The topological polar surface area (TPSA) is 87.5 Å². The number of nitrogens with one attached hydrogen (secondary N) is 2. The van der Waals surface area contributed by atoms with E-state index in [0.717, 1.165) is 25.7 Å². The Labute approximate surface area is 161 Å². The molecule has 1 aromatic carbocycles. The number of nitrogens with zero attached hydrogens (tertiary/aromatic N) is 1. The average Bonchev–Trinajstić information content (AvgIpc) is 2.63. The maximum atomic E-state index is 12.6. The van der Waals surface area contributed by atoms with Crippen molar-refractivity contribution in [1.29, 1.82) is 0 Å². The molecule has 0 aromatic heterocycles. The third-order valence-electron chi connectivity index (χ3n) is 5.25. The van der Waals surface area contributed by atoms with Crippen molar-refractivity contribution >= 4 is 30.0 Å². The van der Waals surface area contributed by atoms with Gasteiger partial charge in [-0.2, -0.15) is 0 Å². The number of likely N-dealkylation sites (tertiary alicyclic amines) is 1. The highest BCUT2D eigenvalue weighted by atomic mass is 35.5. The number of carbonyl (C=O) groups excluding carboxylic acids is 2. The number of nitrogens with two attached hydrogens (primary N) is 1. The lowest BCUT2D eigenvalue weighted by atomic mass is 9.96. The van der Waals surface area contributed by atoms with E-state index in [1.807, 2.05) is 17.0 Å². The summed E-state index contributed by atoms with van der Waals surface area (Å²) in [5.74, 6) is -0.0248. The van der Waals surface area contributed by atoms with Gasteiger partial charge in [0.05, 0.1) is 5.56 Å². The van der Waals surface area contributed by atoms with Crippen LogP contribution in [0.1, 0.15) is 55.3 Å². The van der Waals surface area contributed by atoms with Crippen LogP contribution in [0.2, 0.25) is 0 Å².